The van der Waals surface area contributed by atoms with Crippen LogP contribution in [-0.2, 0) is 0 Å². The third-order valence-corrected chi connectivity index (χ3v) is 3.49. The fraction of sp³-hybridized carbons (Fsp3) is 1.00. The molecule has 0 saturated heterocycles. The molecule has 0 saturated carbocycles. The maximum atomic E-state index is 5.74. The van der Waals surface area contributed by atoms with Crippen LogP contribution in [0.5, 0.6) is 0 Å². The van der Waals surface area contributed by atoms with E-state index >= 15 is 0 Å². The maximum absolute atomic E-state index is 5.74. The first-order valence-corrected chi connectivity index (χ1v) is 7.76. The second-order valence-electron chi connectivity index (χ2n) is 2.99. The predicted octanol–water partition coefficient (Wildman–Crippen LogP) is 2.15. The Labute approximate surface area is 76.1 Å². The van der Waals surface area contributed by atoms with Crippen molar-refractivity contribution in [2.45, 2.75) is 12.2 Å². The van der Waals surface area contributed by atoms with Gasteiger partial charge in [0.1, 0.15) is 0 Å². The minimum absolute atomic E-state index is 0.640. The van der Waals surface area contributed by atoms with Crippen molar-refractivity contribution in [1.29, 1.82) is 0 Å². The van der Waals surface area contributed by atoms with Crippen molar-refractivity contribution in [3.8, 4) is 0 Å². The van der Waals surface area contributed by atoms with Crippen molar-refractivity contribution < 1.29 is 0 Å². The molecule has 0 N–H and O–H groups in total. The fourth-order valence-electron chi connectivity index (χ4n) is 1.00. The van der Waals surface area contributed by atoms with Gasteiger partial charge < -0.3 is 4.90 Å². The van der Waals surface area contributed by atoms with E-state index in [0.717, 1.165) is 11.8 Å². The van der Waals surface area contributed by atoms with Gasteiger partial charge in [-0.2, -0.15) is 0 Å². The topological polar surface area (TPSA) is 3.24 Å². The molecule has 0 heterocycles. The lowest BCUT2D eigenvalue weighted by Gasteiger charge is -2.15. The van der Waals surface area contributed by atoms with Crippen LogP contribution in [0.25, 0.3) is 0 Å². The van der Waals surface area contributed by atoms with E-state index in [1.807, 2.05) is 0 Å². The second-order valence-corrected chi connectivity index (χ2v) is 8.08. The summed E-state index contributed by atoms with van der Waals surface area (Å²) < 4.78 is 0. The molecule has 0 amide bonds. The molecule has 0 bridgehead atoms. The highest BCUT2D eigenvalue weighted by Crippen LogP contribution is 2.12. The first-order valence-electron chi connectivity index (χ1n) is 3.45. The van der Waals surface area contributed by atoms with Crippen LogP contribution in [0.1, 0.15) is 6.92 Å². The van der Waals surface area contributed by atoms with Gasteiger partial charge in [0.05, 0.1) is 0 Å². The molecule has 0 aromatic carbocycles. The second kappa shape index (κ2) is 5.69. The zero-order valence-corrected chi connectivity index (χ0v) is 9.44. The highest BCUT2D eigenvalue weighted by Gasteiger charge is 2.15. The summed E-state index contributed by atoms with van der Waals surface area (Å²) in [5.74, 6) is 0.640. The van der Waals surface area contributed by atoms with Gasteiger partial charge in [0.15, 0.2) is 0 Å². The van der Waals surface area contributed by atoms with Gasteiger partial charge in [0.2, 0.25) is 0 Å². The summed E-state index contributed by atoms with van der Waals surface area (Å²) in [7, 11) is 15.6. The van der Waals surface area contributed by atoms with Crippen LogP contribution in [0.2, 0.25) is 5.28 Å². The van der Waals surface area contributed by atoms with E-state index < -0.39 is 12.3 Å². The van der Waals surface area contributed by atoms with Gasteiger partial charge in [0.25, 0.3) is 0 Å². The molecule has 0 radical (unpaired) electrons. The Balaban J connectivity index is 3.34. The van der Waals surface area contributed by atoms with E-state index in [4.69, 9.17) is 20.1 Å². The minimum atomic E-state index is -1.37. The molecule has 0 aliphatic carbocycles. The third-order valence-electron chi connectivity index (χ3n) is 1.26. The molecule has 1 atom stereocenters. The lowest BCUT2D eigenvalue weighted by molar-refractivity contribution is 0.353. The van der Waals surface area contributed by atoms with Gasteiger partial charge in [-0.1, -0.05) is 12.2 Å². The normalized spacial score (nSPS) is 13.8. The Morgan fingerprint density at radius 1 is 1.40 bits per heavy atom. The lowest BCUT2D eigenvalue weighted by Crippen LogP contribution is -2.21. The molecule has 0 spiro atoms. The summed E-state index contributed by atoms with van der Waals surface area (Å²) in [6.07, 6.45) is 0. The van der Waals surface area contributed by atoms with Gasteiger partial charge >= 0.3 is 12.3 Å². The number of hydrogen-bond acceptors (Lipinski definition) is 1. The van der Waals surface area contributed by atoms with E-state index in [0.29, 0.717) is 5.92 Å². The van der Waals surface area contributed by atoms with E-state index in [2.05, 4.69) is 25.9 Å². The monoisotopic (exact) mass is 197 g/mol. The number of rotatable bonds is 4. The molecule has 0 aliphatic heterocycles. The van der Waals surface area contributed by atoms with Crippen molar-refractivity contribution in [3.63, 3.8) is 0 Å². The maximum Gasteiger partial charge on any atom is 0.519 e. The van der Waals surface area contributed by atoms with Gasteiger partial charge in [-0.3, -0.25) is 0 Å². The summed E-state index contributed by atoms with van der Waals surface area (Å²) >= 11 is -1.37. The molecule has 0 aromatic rings. The highest BCUT2D eigenvalue weighted by atomic mass is 35.7. The molecule has 0 aliphatic rings. The first-order chi connectivity index (χ1) is 4.52. The molecule has 1 nitrogen and oxygen atoms in total. The molecular weight excluding hydrogens is 184 g/mol. The first kappa shape index (κ1) is 11.1. The van der Waals surface area contributed by atoms with Gasteiger partial charge in [-0.05, 0) is 26.6 Å². The summed E-state index contributed by atoms with van der Waals surface area (Å²) in [6.45, 7) is 3.27. The van der Waals surface area contributed by atoms with Crippen LogP contribution in [0.4, 0.5) is 0 Å². The third kappa shape index (κ3) is 7.18. The van der Waals surface area contributed by atoms with Crippen molar-refractivity contribution in [1.82, 2.24) is 4.90 Å². The molecule has 0 fully saturated rings. The van der Waals surface area contributed by atoms with Crippen molar-refractivity contribution in [2.24, 2.45) is 5.92 Å². The van der Waals surface area contributed by atoms with Crippen LogP contribution in [0, 0.1) is 5.92 Å². The van der Waals surface area contributed by atoms with Crippen LogP contribution in [0.15, 0.2) is 0 Å². The van der Waals surface area contributed by atoms with Crippen LogP contribution in [0.3, 0.4) is 0 Å². The molecule has 1 unspecified atom stereocenters. The van der Waals surface area contributed by atoms with Crippen molar-refractivity contribution in [3.05, 3.63) is 0 Å². The summed E-state index contributed by atoms with van der Waals surface area (Å²) in [6, 6.07) is 0. The van der Waals surface area contributed by atoms with Crippen LogP contribution in [-0.4, -0.2) is 37.8 Å². The number of halogens is 2. The highest BCUT2D eigenvalue weighted by molar-refractivity contribution is 7.33. The van der Waals surface area contributed by atoms with Crippen molar-refractivity contribution >= 4 is 32.4 Å². The Morgan fingerprint density at radius 2 is 1.90 bits per heavy atom. The summed E-state index contributed by atoms with van der Waals surface area (Å²) in [5, 5.41) is 1.02. The molecule has 0 rings (SSSR count). The average molecular weight is 198 g/mol. The number of hydrogen-bond donors (Lipinski definition) is 0. The van der Waals surface area contributed by atoms with Crippen LogP contribution >= 0.6 is 20.1 Å². The van der Waals surface area contributed by atoms with Crippen molar-refractivity contribution in [2.75, 3.05) is 20.6 Å². The lowest BCUT2D eigenvalue weighted by atomic mass is 10.2. The standard InChI is InChI=1S/C6H14N.Al.2ClH/c1-6(2)5-7(3)4;;;/h6H,1,5H2,2-4H3;;2*1H/q;+2;;/p-2. The Bertz CT molecular complexity index is 77.8. The molecule has 60 valence electrons. The van der Waals surface area contributed by atoms with Gasteiger partial charge in [-0.15, -0.1) is 0 Å². The Morgan fingerprint density at radius 3 is 2.20 bits per heavy atom. The van der Waals surface area contributed by atoms with E-state index in [1.165, 1.54) is 0 Å². The van der Waals surface area contributed by atoms with Gasteiger partial charge in [-0.25, -0.2) is 20.1 Å². The van der Waals surface area contributed by atoms with E-state index in [9.17, 15) is 0 Å². The summed E-state index contributed by atoms with van der Waals surface area (Å²) in [5.41, 5.74) is 0. The average Bonchev–Trinajstić information content (AvgIpc) is 1.58. The quantitative estimate of drug-likeness (QED) is 0.625. The number of nitrogens with zero attached hydrogens (tertiary/aromatic N) is 1. The fourth-order valence-corrected chi connectivity index (χ4v) is 3.58. The molecular formula is C6H14AlCl2N. The smallest absolute Gasteiger partial charge is 0.309 e. The summed E-state index contributed by atoms with van der Waals surface area (Å²) in [4.78, 5) is 2.16. The molecule has 10 heavy (non-hydrogen) atoms. The molecule has 4 heteroatoms. The van der Waals surface area contributed by atoms with Gasteiger partial charge in [0, 0.05) is 0 Å². The largest absolute Gasteiger partial charge is 0.519 e. The van der Waals surface area contributed by atoms with E-state index in [-0.39, 0.29) is 0 Å². The minimum Gasteiger partial charge on any atom is -0.309 e. The zero-order chi connectivity index (χ0) is 8.15. The van der Waals surface area contributed by atoms with Crippen LogP contribution < -0.4 is 0 Å². The zero-order valence-electron chi connectivity index (χ0n) is 6.77. The Hall–Kier alpha value is 1.07. The Kier molecular flexibility index (Phi) is 6.30. The molecule has 0 aromatic heterocycles. The predicted molar refractivity (Wildman–Crippen MR) is 50.0 cm³/mol. The van der Waals surface area contributed by atoms with E-state index in [1.54, 1.807) is 0 Å². The SMILES string of the molecule is CC(CN(C)C)[CH2][Al]([Cl])[Cl].